The van der Waals surface area contributed by atoms with Gasteiger partial charge in [0, 0.05) is 0 Å². The average Bonchev–Trinajstić information content (AvgIpc) is 2.19. The zero-order valence-corrected chi connectivity index (χ0v) is 9.46. The van der Waals surface area contributed by atoms with Gasteiger partial charge in [-0.05, 0) is 31.5 Å². The molecule has 0 heterocycles. The Morgan fingerprint density at radius 1 is 1.47 bits per heavy atom. The third kappa shape index (κ3) is 3.36. The minimum atomic E-state index is -1.39. The van der Waals surface area contributed by atoms with Gasteiger partial charge >= 0.3 is 0 Å². The van der Waals surface area contributed by atoms with Gasteiger partial charge in [-0.2, -0.15) is 0 Å². The molecule has 0 bridgehead atoms. The predicted octanol–water partition coefficient (Wildman–Crippen LogP) is 3.13. The summed E-state index contributed by atoms with van der Waals surface area (Å²) in [5, 5.41) is 9.00. The summed E-state index contributed by atoms with van der Waals surface area (Å²) in [5.74, 6) is 0.528. The lowest BCUT2D eigenvalue weighted by Crippen LogP contribution is -2.06. The largest absolute Gasteiger partial charge is 0.489 e. The summed E-state index contributed by atoms with van der Waals surface area (Å²) in [6.45, 7) is 3.23. The first-order chi connectivity index (χ1) is 7.04. The molecule has 84 valence electrons. The number of benzene rings is 1. The molecular weight excluding hydrogens is 219 g/mol. The summed E-state index contributed by atoms with van der Waals surface area (Å²) < 4.78 is 18.5. The Balaban J connectivity index is 2.88. The molecule has 15 heavy (non-hydrogen) atoms. The first kappa shape index (κ1) is 12.3. The molecular formula is C11H14ClFO2. The van der Waals surface area contributed by atoms with E-state index in [1.54, 1.807) is 12.1 Å². The molecule has 0 saturated heterocycles. The van der Waals surface area contributed by atoms with Crippen LogP contribution in [0.15, 0.2) is 18.2 Å². The molecule has 0 saturated carbocycles. The van der Waals surface area contributed by atoms with E-state index in [9.17, 15) is 4.39 Å². The van der Waals surface area contributed by atoms with E-state index in [4.69, 9.17) is 21.4 Å². The number of halogens is 2. The third-order valence-corrected chi connectivity index (χ3v) is 2.14. The monoisotopic (exact) mass is 232 g/mol. The van der Waals surface area contributed by atoms with E-state index in [2.05, 4.69) is 0 Å². The van der Waals surface area contributed by atoms with Crippen LogP contribution in [0.4, 0.5) is 4.39 Å². The van der Waals surface area contributed by atoms with E-state index in [0.29, 0.717) is 16.3 Å². The van der Waals surface area contributed by atoms with E-state index in [0.717, 1.165) is 0 Å². The lowest BCUT2D eigenvalue weighted by atomic mass is 10.1. The molecule has 2 nitrogen and oxygen atoms in total. The lowest BCUT2D eigenvalue weighted by molar-refractivity contribution is 0.179. The zero-order chi connectivity index (χ0) is 11.4. The molecule has 0 aliphatic heterocycles. The fourth-order valence-electron chi connectivity index (χ4n) is 1.17. The maximum Gasteiger partial charge on any atom is 0.148 e. The molecule has 0 aromatic heterocycles. The molecule has 0 spiro atoms. The number of hydrogen-bond acceptors (Lipinski definition) is 2. The Labute approximate surface area is 93.6 Å². The van der Waals surface area contributed by atoms with Crippen LogP contribution in [0.2, 0.25) is 5.02 Å². The van der Waals surface area contributed by atoms with Crippen molar-refractivity contribution in [3.8, 4) is 5.75 Å². The molecule has 1 N–H and O–H groups in total. The Morgan fingerprint density at radius 3 is 2.60 bits per heavy atom. The van der Waals surface area contributed by atoms with Gasteiger partial charge in [-0.3, -0.25) is 0 Å². The van der Waals surface area contributed by atoms with E-state index >= 15 is 0 Å². The maximum absolute atomic E-state index is 13.1. The molecule has 1 aromatic rings. The van der Waals surface area contributed by atoms with Crippen LogP contribution in [0, 0.1) is 0 Å². The second kappa shape index (κ2) is 5.33. The first-order valence-electron chi connectivity index (χ1n) is 4.75. The Kier molecular flexibility index (Phi) is 4.36. The molecule has 1 unspecified atom stereocenters. The molecule has 0 fully saturated rings. The van der Waals surface area contributed by atoms with E-state index in [-0.39, 0.29) is 6.10 Å². The van der Waals surface area contributed by atoms with Gasteiger partial charge < -0.3 is 9.84 Å². The number of rotatable bonds is 4. The van der Waals surface area contributed by atoms with Crippen molar-refractivity contribution in [3.63, 3.8) is 0 Å². The highest BCUT2D eigenvalue weighted by atomic mass is 35.5. The minimum Gasteiger partial charge on any atom is -0.489 e. The van der Waals surface area contributed by atoms with E-state index < -0.39 is 12.8 Å². The predicted molar refractivity (Wildman–Crippen MR) is 58.2 cm³/mol. The van der Waals surface area contributed by atoms with Crippen molar-refractivity contribution < 1.29 is 14.2 Å². The normalized spacial score (nSPS) is 12.9. The summed E-state index contributed by atoms with van der Waals surface area (Å²) in [7, 11) is 0. The van der Waals surface area contributed by atoms with Crippen molar-refractivity contribution >= 4 is 11.6 Å². The van der Waals surface area contributed by atoms with Crippen molar-refractivity contribution in [2.45, 2.75) is 26.1 Å². The molecule has 0 aliphatic rings. The van der Waals surface area contributed by atoms with Crippen LogP contribution in [0.5, 0.6) is 5.75 Å². The van der Waals surface area contributed by atoms with Crippen LogP contribution in [0.1, 0.15) is 25.6 Å². The highest BCUT2D eigenvalue weighted by Crippen LogP contribution is 2.29. The summed E-state index contributed by atoms with van der Waals surface area (Å²) in [6, 6.07) is 4.64. The molecule has 4 heteroatoms. The van der Waals surface area contributed by atoms with Crippen molar-refractivity contribution in [1.82, 2.24) is 0 Å². The van der Waals surface area contributed by atoms with Crippen molar-refractivity contribution in [1.29, 1.82) is 0 Å². The Bertz CT molecular complexity index is 328. The van der Waals surface area contributed by atoms with Gasteiger partial charge in [-0.15, -0.1) is 0 Å². The van der Waals surface area contributed by atoms with Gasteiger partial charge in [-0.1, -0.05) is 17.7 Å². The smallest absolute Gasteiger partial charge is 0.148 e. The summed E-state index contributed by atoms with van der Waals surface area (Å²) in [6.07, 6.45) is -1.37. The number of aliphatic hydroxyl groups is 1. The zero-order valence-electron chi connectivity index (χ0n) is 8.71. The molecule has 0 radical (unpaired) electrons. The van der Waals surface area contributed by atoms with Crippen LogP contribution in [-0.2, 0) is 0 Å². The van der Waals surface area contributed by atoms with E-state index in [1.165, 1.54) is 6.07 Å². The van der Waals surface area contributed by atoms with Crippen LogP contribution in [0.25, 0.3) is 0 Å². The number of alkyl halides is 1. The third-order valence-electron chi connectivity index (χ3n) is 1.84. The quantitative estimate of drug-likeness (QED) is 0.864. The highest BCUT2D eigenvalue weighted by molar-refractivity contribution is 6.32. The van der Waals surface area contributed by atoms with Crippen LogP contribution >= 0.6 is 11.6 Å². The van der Waals surface area contributed by atoms with Crippen molar-refractivity contribution in [2.24, 2.45) is 0 Å². The lowest BCUT2D eigenvalue weighted by Gasteiger charge is -2.13. The standard InChI is InChI=1S/C11H14ClFO2/c1-7(2)15-11-4-3-8(5-9(11)12)10(13)6-14/h3-5,7,10,14H,6H2,1-2H3. The van der Waals surface area contributed by atoms with Crippen LogP contribution < -0.4 is 4.74 Å². The second-order valence-electron chi connectivity index (χ2n) is 3.51. The van der Waals surface area contributed by atoms with E-state index in [1.807, 2.05) is 13.8 Å². The topological polar surface area (TPSA) is 29.5 Å². The van der Waals surface area contributed by atoms with Crippen molar-refractivity contribution in [2.75, 3.05) is 6.61 Å². The van der Waals surface area contributed by atoms with Gasteiger partial charge in [0.05, 0.1) is 17.7 Å². The molecule has 0 amide bonds. The summed E-state index contributed by atoms with van der Waals surface area (Å²) in [5.41, 5.74) is 0.360. The fraction of sp³-hybridized carbons (Fsp3) is 0.455. The highest BCUT2D eigenvalue weighted by Gasteiger charge is 2.11. The molecule has 1 atom stereocenters. The Morgan fingerprint density at radius 2 is 2.13 bits per heavy atom. The van der Waals surface area contributed by atoms with Gasteiger partial charge in [0.2, 0.25) is 0 Å². The van der Waals surface area contributed by atoms with Crippen molar-refractivity contribution in [3.05, 3.63) is 28.8 Å². The maximum atomic E-state index is 13.1. The number of hydrogen-bond donors (Lipinski definition) is 1. The van der Waals surface area contributed by atoms with Gasteiger partial charge in [0.1, 0.15) is 11.9 Å². The summed E-state index contributed by atoms with van der Waals surface area (Å²) >= 11 is 5.90. The van der Waals surface area contributed by atoms with Crippen LogP contribution in [0.3, 0.4) is 0 Å². The average molecular weight is 233 g/mol. The van der Waals surface area contributed by atoms with Gasteiger partial charge in [0.15, 0.2) is 0 Å². The van der Waals surface area contributed by atoms with Crippen LogP contribution in [-0.4, -0.2) is 17.8 Å². The first-order valence-corrected chi connectivity index (χ1v) is 5.13. The second-order valence-corrected chi connectivity index (χ2v) is 3.91. The number of aliphatic hydroxyl groups excluding tert-OH is 1. The summed E-state index contributed by atoms with van der Waals surface area (Å²) in [4.78, 5) is 0. The SMILES string of the molecule is CC(C)Oc1ccc(C(F)CO)cc1Cl. The minimum absolute atomic E-state index is 0.0207. The fourth-order valence-corrected chi connectivity index (χ4v) is 1.40. The number of ether oxygens (including phenoxy) is 1. The Hall–Kier alpha value is -0.800. The molecule has 1 rings (SSSR count). The molecule has 0 aliphatic carbocycles. The molecule has 1 aromatic carbocycles. The van der Waals surface area contributed by atoms with Gasteiger partial charge in [-0.25, -0.2) is 4.39 Å². The van der Waals surface area contributed by atoms with Gasteiger partial charge in [0.25, 0.3) is 0 Å².